The lowest BCUT2D eigenvalue weighted by Gasteiger charge is -2.57. The van der Waals surface area contributed by atoms with Crippen molar-refractivity contribution >= 4 is 0 Å². The standard InChI is InChI=1S/C11H19F2NO/c1-15-8-10(14)6-9(7-10)2-4-11(12,13)5-3-9/h2-8,14H2,1H3. The van der Waals surface area contributed by atoms with Crippen molar-refractivity contribution in [2.24, 2.45) is 11.1 Å². The highest BCUT2D eigenvalue weighted by molar-refractivity contribution is 5.09. The molecule has 4 heteroatoms. The average Bonchev–Trinajstić information content (AvgIpc) is 2.08. The normalized spacial score (nSPS) is 31.2. The topological polar surface area (TPSA) is 35.2 Å². The van der Waals surface area contributed by atoms with Gasteiger partial charge in [0.25, 0.3) is 0 Å². The van der Waals surface area contributed by atoms with Crippen molar-refractivity contribution in [3.8, 4) is 0 Å². The van der Waals surface area contributed by atoms with Crippen LogP contribution >= 0.6 is 0 Å². The van der Waals surface area contributed by atoms with Gasteiger partial charge in [-0.05, 0) is 31.1 Å². The first-order valence-electron chi connectivity index (χ1n) is 5.55. The first-order chi connectivity index (χ1) is 6.89. The van der Waals surface area contributed by atoms with Crippen LogP contribution in [0.15, 0.2) is 0 Å². The maximum absolute atomic E-state index is 13.0. The van der Waals surface area contributed by atoms with Gasteiger partial charge in [-0.3, -0.25) is 0 Å². The second-order valence-corrected chi connectivity index (χ2v) is 5.50. The quantitative estimate of drug-likeness (QED) is 0.773. The Balaban J connectivity index is 1.88. The van der Waals surface area contributed by atoms with E-state index in [2.05, 4.69) is 0 Å². The highest BCUT2D eigenvalue weighted by Crippen LogP contribution is 2.58. The van der Waals surface area contributed by atoms with Crippen LogP contribution in [0.5, 0.6) is 0 Å². The van der Waals surface area contributed by atoms with Gasteiger partial charge in [-0.15, -0.1) is 0 Å². The lowest BCUT2D eigenvalue weighted by Crippen LogP contribution is -2.62. The molecule has 2 aliphatic rings. The second kappa shape index (κ2) is 3.39. The third-order valence-electron chi connectivity index (χ3n) is 3.93. The summed E-state index contributed by atoms with van der Waals surface area (Å²) in [5.41, 5.74) is 5.93. The number of methoxy groups -OCH3 is 1. The zero-order valence-corrected chi connectivity index (χ0v) is 9.19. The van der Waals surface area contributed by atoms with E-state index in [0.29, 0.717) is 19.4 Å². The van der Waals surface area contributed by atoms with E-state index in [-0.39, 0.29) is 23.8 Å². The number of hydrogen-bond donors (Lipinski definition) is 1. The third-order valence-corrected chi connectivity index (χ3v) is 3.93. The Morgan fingerprint density at radius 3 is 2.13 bits per heavy atom. The van der Waals surface area contributed by atoms with E-state index in [0.717, 1.165) is 12.8 Å². The largest absolute Gasteiger partial charge is 0.383 e. The summed E-state index contributed by atoms with van der Waals surface area (Å²) in [5.74, 6) is -2.43. The fourth-order valence-corrected chi connectivity index (χ4v) is 3.33. The Morgan fingerprint density at radius 2 is 1.67 bits per heavy atom. The maximum atomic E-state index is 13.0. The lowest BCUT2D eigenvalue weighted by molar-refractivity contribution is -0.117. The van der Waals surface area contributed by atoms with Gasteiger partial charge in [0.15, 0.2) is 0 Å². The van der Waals surface area contributed by atoms with Gasteiger partial charge in [-0.2, -0.15) is 0 Å². The Morgan fingerprint density at radius 1 is 1.13 bits per heavy atom. The minimum atomic E-state index is -2.43. The molecule has 0 heterocycles. The van der Waals surface area contributed by atoms with Crippen molar-refractivity contribution in [3.63, 3.8) is 0 Å². The summed E-state index contributed by atoms with van der Waals surface area (Å²) >= 11 is 0. The third kappa shape index (κ3) is 2.16. The molecule has 2 nitrogen and oxygen atoms in total. The number of ether oxygens (including phenoxy) is 1. The Kier molecular flexibility index (Phi) is 2.54. The molecule has 0 amide bonds. The molecule has 2 saturated carbocycles. The molecule has 0 unspecified atom stereocenters. The Labute approximate surface area is 89.2 Å². The smallest absolute Gasteiger partial charge is 0.248 e. The molecule has 0 atom stereocenters. The minimum absolute atomic E-state index is 0.0378. The van der Waals surface area contributed by atoms with E-state index >= 15 is 0 Å². The summed E-state index contributed by atoms with van der Waals surface area (Å²) < 4.78 is 31.0. The number of nitrogens with two attached hydrogens (primary N) is 1. The van der Waals surface area contributed by atoms with E-state index in [4.69, 9.17) is 10.5 Å². The van der Waals surface area contributed by atoms with E-state index in [9.17, 15) is 8.78 Å². The summed E-state index contributed by atoms with van der Waals surface area (Å²) in [6.07, 6.45) is 3.03. The van der Waals surface area contributed by atoms with Crippen LogP contribution < -0.4 is 5.73 Å². The van der Waals surface area contributed by atoms with Gasteiger partial charge in [-0.1, -0.05) is 0 Å². The molecular weight excluding hydrogens is 200 g/mol. The number of alkyl halides is 2. The molecule has 0 aliphatic heterocycles. The van der Waals surface area contributed by atoms with Crippen LogP contribution in [0.4, 0.5) is 8.78 Å². The van der Waals surface area contributed by atoms with Gasteiger partial charge in [-0.25, -0.2) is 8.78 Å². The first kappa shape index (κ1) is 11.3. The zero-order valence-electron chi connectivity index (χ0n) is 9.19. The number of halogens is 2. The van der Waals surface area contributed by atoms with Crippen LogP contribution in [-0.2, 0) is 4.74 Å². The summed E-state index contributed by atoms with van der Waals surface area (Å²) in [6.45, 7) is 0.547. The molecule has 0 radical (unpaired) electrons. The molecule has 2 N–H and O–H groups in total. The molecule has 2 fully saturated rings. The van der Waals surface area contributed by atoms with Crippen LogP contribution in [0.2, 0.25) is 0 Å². The molecule has 0 aromatic carbocycles. The Bertz CT molecular complexity index is 237. The molecule has 0 aromatic rings. The van der Waals surface area contributed by atoms with Gasteiger partial charge in [0.2, 0.25) is 5.92 Å². The van der Waals surface area contributed by atoms with Gasteiger partial charge in [0.1, 0.15) is 0 Å². The highest BCUT2D eigenvalue weighted by atomic mass is 19.3. The Hall–Kier alpha value is -0.220. The van der Waals surface area contributed by atoms with Crippen molar-refractivity contribution < 1.29 is 13.5 Å². The molecule has 0 saturated heterocycles. The number of hydrogen-bond acceptors (Lipinski definition) is 2. The van der Waals surface area contributed by atoms with Crippen LogP contribution in [-0.4, -0.2) is 25.2 Å². The predicted molar refractivity (Wildman–Crippen MR) is 53.9 cm³/mol. The molecule has 2 rings (SSSR count). The number of rotatable bonds is 2. The monoisotopic (exact) mass is 219 g/mol. The van der Waals surface area contributed by atoms with Crippen molar-refractivity contribution in [3.05, 3.63) is 0 Å². The summed E-state index contributed by atoms with van der Waals surface area (Å²) in [7, 11) is 1.63. The van der Waals surface area contributed by atoms with E-state index < -0.39 is 5.92 Å². The van der Waals surface area contributed by atoms with Gasteiger partial charge < -0.3 is 10.5 Å². The fourth-order valence-electron chi connectivity index (χ4n) is 3.33. The average molecular weight is 219 g/mol. The first-order valence-corrected chi connectivity index (χ1v) is 5.55. The van der Waals surface area contributed by atoms with Crippen LogP contribution in [0.3, 0.4) is 0 Å². The van der Waals surface area contributed by atoms with Crippen molar-refractivity contribution in [2.45, 2.75) is 50.0 Å². The minimum Gasteiger partial charge on any atom is -0.383 e. The van der Waals surface area contributed by atoms with E-state index in [1.54, 1.807) is 7.11 Å². The molecule has 0 bridgehead atoms. The summed E-state index contributed by atoms with van der Waals surface area (Å²) in [6, 6.07) is 0. The van der Waals surface area contributed by atoms with Crippen molar-refractivity contribution in [1.82, 2.24) is 0 Å². The van der Waals surface area contributed by atoms with E-state index in [1.165, 1.54) is 0 Å². The molecule has 1 spiro atoms. The summed E-state index contributed by atoms with van der Waals surface area (Å²) in [5, 5.41) is 0. The molecular formula is C11H19F2NO. The van der Waals surface area contributed by atoms with Gasteiger partial charge >= 0.3 is 0 Å². The van der Waals surface area contributed by atoms with Crippen LogP contribution in [0, 0.1) is 5.41 Å². The van der Waals surface area contributed by atoms with Crippen molar-refractivity contribution in [1.29, 1.82) is 0 Å². The van der Waals surface area contributed by atoms with Gasteiger partial charge in [0, 0.05) is 25.5 Å². The lowest BCUT2D eigenvalue weighted by atomic mass is 9.52. The second-order valence-electron chi connectivity index (χ2n) is 5.50. The molecule has 0 aromatic heterocycles. The fraction of sp³-hybridized carbons (Fsp3) is 1.00. The van der Waals surface area contributed by atoms with Gasteiger partial charge in [0.05, 0.1) is 6.61 Å². The van der Waals surface area contributed by atoms with Crippen LogP contribution in [0.1, 0.15) is 38.5 Å². The molecule has 2 aliphatic carbocycles. The maximum Gasteiger partial charge on any atom is 0.248 e. The molecule has 88 valence electrons. The predicted octanol–water partition coefficient (Wildman–Crippen LogP) is 2.32. The van der Waals surface area contributed by atoms with E-state index in [1.807, 2.05) is 0 Å². The highest BCUT2D eigenvalue weighted by Gasteiger charge is 2.55. The van der Waals surface area contributed by atoms with Crippen LogP contribution in [0.25, 0.3) is 0 Å². The summed E-state index contributed by atoms with van der Waals surface area (Å²) in [4.78, 5) is 0. The molecule has 15 heavy (non-hydrogen) atoms. The SMILES string of the molecule is COCC1(N)CC2(CCC(F)(F)CC2)C1. The van der Waals surface area contributed by atoms with Crippen molar-refractivity contribution in [2.75, 3.05) is 13.7 Å². The zero-order chi connectivity index (χ0) is 11.2.